The fraction of sp³-hybridized carbons (Fsp3) is 0.692. The smallest absolute Gasteiger partial charge is 0.226 e. The Balaban J connectivity index is 2.00. The third-order valence-corrected chi connectivity index (χ3v) is 4.49. The van der Waals surface area contributed by atoms with E-state index in [4.69, 9.17) is 0 Å². The Kier molecular flexibility index (Phi) is 2.45. The van der Waals surface area contributed by atoms with Crippen LogP contribution in [0.2, 0.25) is 0 Å². The normalized spacial score (nSPS) is 26.6. The van der Waals surface area contributed by atoms with Crippen molar-refractivity contribution in [2.75, 3.05) is 6.54 Å². The van der Waals surface area contributed by atoms with Crippen molar-refractivity contribution >= 4 is 5.91 Å². The van der Waals surface area contributed by atoms with Crippen molar-refractivity contribution in [3.8, 4) is 0 Å². The minimum absolute atomic E-state index is 0.132. The Bertz CT molecular complexity index is 432. The predicted molar refractivity (Wildman–Crippen MR) is 64.6 cm³/mol. The van der Waals surface area contributed by atoms with Crippen molar-refractivity contribution in [3.63, 3.8) is 0 Å². The number of hydrogen-bond donors (Lipinski definition) is 1. The standard InChI is InChI=1S/C13H19N3O/c1-2-16-11(5-8-15-16)10-9-14-12(17)13(10)6-3-4-7-13/h5,8,10H,2-4,6-7,9H2,1H3,(H,14,17)/t10-/m0/s1. The lowest BCUT2D eigenvalue weighted by Crippen LogP contribution is -2.32. The van der Waals surface area contributed by atoms with Crippen LogP contribution >= 0.6 is 0 Å². The van der Waals surface area contributed by atoms with Gasteiger partial charge >= 0.3 is 0 Å². The molecule has 2 fully saturated rings. The molecule has 1 aromatic heterocycles. The topological polar surface area (TPSA) is 46.9 Å². The van der Waals surface area contributed by atoms with Crippen molar-refractivity contribution in [1.29, 1.82) is 0 Å². The molecule has 1 saturated carbocycles. The minimum atomic E-state index is -0.132. The molecule has 17 heavy (non-hydrogen) atoms. The summed E-state index contributed by atoms with van der Waals surface area (Å²) in [7, 11) is 0. The van der Waals surface area contributed by atoms with Crippen LogP contribution in [0.4, 0.5) is 0 Å². The molecule has 1 saturated heterocycles. The molecular weight excluding hydrogens is 214 g/mol. The van der Waals surface area contributed by atoms with Crippen LogP contribution in [0.5, 0.6) is 0 Å². The predicted octanol–water partition coefficient (Wildman–Crippen LogP) is 1.68. The number of amides is 1. The molecule has 0 radical (unpaired) electrons. The monoisotopic (exact) mass is 233 g/mol. The summed E-state index contributed by atoms with van der Waals surface area (Å²) in [5.41, 5.74) is 1.10. The lowest BCUT2D eigenvalue weighted by Gasteiger charge is -2.27. The van der Waals surface area contributed by atoms with Gasteiger partial charge in [-0.1, -0.05) is 12.8 Å². The van der Waals surface area contributed by atoms with Crippen molar-refractivity contribution < 1.29 is 4.79 Å². The molecule has 0 aromatic carbocycles. The van der Waals surface area contributed by atoms with Gasteiger partial charge in [0.05, 0.1) is 5.41 Å². The first kappa shape index (κ1) is 10.8. The van der Waals surface area contributed by atoms with Crippen molar-refractivity contribution in [1.82, 2.24) is 15.1 Å². The number of aromatic nitrogens is 2. The van der Waals surface area contributed by atoms with E-state index in [1.165, 1.54) is 18.5 Å². The molecule has 2 heterocycles. The highest BCUT2D eigenvalue weighted by Crippen LogP contribution is 2.51. The van der Waals surface area contributed by atoms with Gasteiger partial charge in [0.15, 0.2) is 0 Å². The van der Waals surface area contributed by atoms with E-state index >= 15 is 0 Å². The van der Waals surface area contributed by atoms with Crippen molar-refractivity contribution in [2.45, 2.75) is 45.1 Å². The second-order valence-corrected chi connectivity index (χ2v) is 5.20. The maximum Gasteiger partial charge on any atom is 0.226 e. The molecule has 0 unspecified atom stereocenters. The third kappa shape index (κ3) is 1.43. The number of nitrogens with zero attached hydrogens (tertiary/aromatic N) is 2. The van der Waals surface area contributed by atoms with Gasteiger partial charge in [0.2, 0.25) is 5.91 Å². The fourth-order valence-corrected chi connectivity index (χ4v) is 3.60. The molecule has 1 N–H and O–H groups in total. The summed E-state index contributed by atoms with van der Waals surface area (Å²) in [4.78, 5) is 12.2. The molecule has 1 spiro atoms. The summed E-state index contributed by atoms with van der Waals surface area (Å²) in [6.07, 6.45) is 6.30. The van der Waals surface area contributed by atoms with Crippen molar-refractivity contribution in [3.05, 3.63) is 18.0 Å². The molecule has 1 amide bonds. The van der Waals surface area contributed by atoms with Gasteiger partial charge in [0.25, 0.3) is 0 Å². The Morgan fingerprint density at radius 2 is 2.29 bits per heavy atom. The van der Waals surface area contributed by atoms with E-state index in [1.54, 1.807) is 0 Å². The highest BCUT2D eigenvalue weighted by Gasteiger charge is 2.52. The quantitative estimate of drug-likeness (QED) is 0.844. The first-order valence-corrected chi connectivity index (χ1v) is 6.58. The molecule has 1 aromatic rings. The van der Waals surface area contributed by atoms with Crippen molar-refractivity contribution in [2.24, 2.45) is 5.41 Å². The zero-order chi connectivity index (χ0) is 11.9. The van der Waals surface area contributed by atoms with Crippen LogP contribution in [0, 0.1) is 5.41 Å². The lowest BCUT2D eigenvalue weighted by atomic mass is 9.74. The summed E-state index contributed by atoms with van der Waals surface area (Å²) in [5, 5.41) is 7.40. The average Bonchev–Trinajstić information content (AvgIpc) is 3.03. The number of carbonyl (C=O) groups excluding carboxylic acids is 1. The van der Waals surface area contributed by atoms with Gasteiger partial charge in [-0.05, 0) is 25.8 Å². The second-order valence-electron chi connectivity index (χ2n) is 5.20. The highest BCUT2D eigenvalue weighted by atomic mass is 16.2. The first-order valence-electron chi connectivity index (χ1n) is 6.58. The average molecular weight is 233 g/mol. The zero-order valence-electron chi connectivity index (χ0n) is 10.3. The number of nitrogens with one attached hydrogen (secondary N) is 1. The van der Waals surface area contributed by atoms with Gasteiger partial charge < -0.3 is 5.32 Å². The fourth-order valence-electron chi connectivity index (χ4n) is 3.60. The van der Waals surface area contributed by atoms with Gasteiger partial charge in [-0.3, -0.25) is 9.48 Å². The molecule has 2 aliphatic rings. The van der Waals surface area contributed by atoms with E-state index in [-0.39, 0.29) is 11.3 Å². The van der Waals surface area contributed by atoms with E-state index in [1.807, 2.05) is 10.9 Å². The number of hydrogen-bond acceptors (Lipinski definition) is 2. The van der Waals surface area contributed by atoms with E-state index in [2.05, 4.69) is 23.4 Å². The molecular formula is C13H19N3O. The van der Waals surface area contributed by atoms with E-state index in [0.29, 0.717) is 5.92 Å². The number of carbonyl (C=O) groups is 1. The minimum Gasteiger partial charge on any atom is -0.355 e. The largest absolute Gasteiger partial charge is 0.355 e. The molecule has 0 bridgehead atoms. The summed E-state index contributed by atoms with van der Waals surface area (Å²) < 4.78 is 2.03. The van der Waals surface area contributed by atoms with Crippen LogP contribution in [0.25, 0.3) is 0 Å². The number of aryl methyl sites for hydroxylation is 1. The Hall–Kier alpha value is -1.32. The Labute approximate surface area is 101 Å². The Morgan fingerprint density at radius 1 is 1.53 bits per heavy atom. The molecule has 3 rings (SSSR count). The molecule has 92 valence electrons. The van der Waals surface area contributed by atoms with Crippen LogP contribution in [0.3, 0.4) is 0 Å². The summed E-state index contributed by atoms with van der Waals surface area (Å²) in [6.45, 7) is 3.76. The van der Waals surface area contributed by atoms with Crippen LogP contribution < -0.4 is 5.32 Å². The van der Waals surface area contributed by atoms with Gasteiger partial charge in [-0.2, -0.15) is 5.10 Å². The Morgan fingerprint density at radius 3 is 3.00 bits per heavy atom. The van der Waals surface area contributed by atoms with Crippen LogP contribution in [0.1, 0.15) is 44.2 Å². The number of rotatable bonds is 2. The summed E-state index contributed by atoms with van der Waals surface area (Å²) in [6, 6.07) is 2.08. The van der Waals surface area contributed by atoms with E-state index in [0.717, 1.165) is 25.9 Å². The van der Waals surface area contributed by atoms with Crippen LogP contribution in [-0.4, -0.2) is 22.2 Å². The van der Waals surface area contributed by atoms with Gasteiger partial charge in [0.1, 0.15) is 0 Å². The SMILES string of the molecule is CCn1nccc1[C@@H]1CNC(=O)C12CCCC2. The zero-order valence-corrected chi connectivity index (χ0v) is 10.3. The maximum absolute atomic E-state index is 12.2. The summed E-state index contributed by atoms with van der Waals surface area (Å²) in [5.74, 6) is 0.587. The summed E-state index contributed by atoms with van der Waals surface area (Å²) >= 11 is 0. The van der Waals surface area contributed by atoms with Gasteiger partial charge in [0, 0.05) is 30.9 Å². The first-order chi connectivity index (χ1) is 8.28. The second kappa shape index (κ2) is 3.86. The molecule has 1 aliphatic carbocycles. The van der Waals surface area contributed by atoms with E-state index in [9.17, 15) is 4.79 Å². The van der Waals surface area contributed by atoms with Crippen LogP contribution in [0.15, 0.2) is 12.3 Å². The van der Waals surface area contributed by atoms with Gasteiger partial charge in [-0.15, -0.1) is 0 Å². The van der Waals surface area contributed by atoms with Gasteiger partial charge in [-0.25, -0.2) is 0 Å². The lowest BCUT2D eigenvalue weighted by molar-refractivity contribution is -0.127. The molecule has 4 heteroatoms. The highest BCUT2D eigenvalue weighted by molar-refractivity contribution is 5.86. The molecule has 4 nitrogen and oxygen atoms in total. The third-order valence-electron chi connectivity index (χ3n) is 4.49. The maximum atomic E-state index is 12.2. The molecule has 1 atom stereocenters. The van der Waals surface area contributed by atoms with E-state index < -0.39 is 0 Å². The van der Waals surface area contributed by atoms with Crippen LogP contribution in [-0.2, 0) is 11.3 Å². The molecule has 1 aliphatic heterocycles.